The highest BCUT2D eigenvalue weighted by Gasteiger charge is 2.38. The van der Waals surface area contributed by atoms with E-state index in [4.69, 9.17) is 9.47 Å². The van der Waals surface area contributed by atoms with Gasteiger partial charge in [-0.3, -0.25) is 19.3 Å². The van der Waals surface area contributed by atoms with Crippen molar-refractivity contribution in [1.82, 2.24) is 4.90 Å². The number of para-hydroxylation sites is 1. The van der Waals surface area contributed by atoms with Crippen LogP contribution in [0.2, 0.25) is 0 Å². The molecule has 0 spiro atoms. The molecule has 0 bridgehead atoms. The van der Waals surface area contributed by atoms with Crippen molar-refractivity contribution in [2.45, 2.75) is 6.10 Å². The highest BCUT2D eigenvalue weighted by Crippen LogP contribution is 2.32. The molecule has 1 heterocycles. The van der Waals surface area contributed by atoms with E-state index in [1.54, 1.807) is 72.8 Å². The normalized spacial score (nSPS) is 15.8. The Balaban J connectivity index is 1.72. The molecule has 1 aliphatic heterocycles. The summed E-state index contributed by atoms with van der Waals surface area (Å²) in [7, 11) is 1.50. The highest BCUT2D eigenvalue weighted by molar-refractivity contribution is 6.12. The largest absolute Gasteiger partial charge is 0.497 e. The van der Waals surface area contributed by atoms with Crippen LogP contribution < -0.4 is 9.47 Å². The van der Waals surface area contributed by atoms with Crippen LogP contribution in [-0.2, 0) is 4.79 Å². The van der Waals surface area contributed by atoms with Gasteiger partial charge < -0.3 is 9.47 Å². The van der Waals surface area contributed by atoms with Crippen molar-refractivity contribution in [3.63, 3.8) is 0 Å². The van der Waals surface area contributed by atoms with Crippen molar-refractivity contribution in [2.75, 3.05) is 13.7 Å². The number of carbonyl (C=O) groups excluding carboxylic acids is 3. The van der Waals surface area contributed by atoms with Gasteiger partial charge >= 0.3 is 0 Å². The van der Waals surface area contributed by atoms with Crippen molar-refractivity contribution < 1.29 is 23.9 Å². The van der Waals surface area contributed by atoms with Gasteiger partial charge in [-0.25, -0.2) is 0 Å². The first-order valence-electron chi connectivity index (χ1n) is 9.42. The van der Waals surface area contributed by atoms with E-state index in [1.165, 1.54) is 7.11 Å². The lowest BCUT2D eigenvalue weighted by atomic mass is 10.1. The van der Waals surface area contributed by atoms with E-state index < -0.39 is 24.5 Å². The fraction of sp³-hybridized carbons (Fsp3) is 0.125. The third-order valence-corrected chi connectivity index (χ3v) is 4.89. The number of amides is 2. The predicted octanol–water partition coefficient (Wildman–Crippen LogP) is 3.68. The van der Waals surface area contributed by atoms with Gasteiger partial charge in [0.05, 0.1) is 19.2 Å². The van der Waals surface area contributed by atoms with E-state index in [-0.39, 0.29) is 11.3 Å². The maximum atomic E-state index is 13.3. The van der Waals surface area contributed by atoms with Gasteiger partial charge in [-0.15, -0.1) is 0 Å². The average Bonchev–Trinajstić information content (AvgIpc) is 2.90. The van der Waals surface area contributed by atoms with Crippen LogP contribution in [0.25, 0.3) is 0 Å². The average molecular weight is 401 g/mol. The van der Waals surface area contributed by atoms with Crippen LogP contribution in [0.3, 0.4) is 0 Å². The van der Waals surface area contributed by atoms with E-state index in [1.807, 2.05) is 6.07 Å². The summed E-state index contributed by atoms with van der Waals surface area (Å²) in [5, 5.41) is 0. The summed E-state index contributed by atoms with van der Waals surface area (Å²) in [6.45, 7) is -0.397. The number of ether oxygens (including phenoxy) is 2. The van der Waals surface area contributed by atoms with Gasteiger partial charge in [0, 0.05) is 11.1 Å². The van der Waals surface area contributed by atoms with E-state index in [9.17, 15) is 14.4 Å². The van der Waals surface area contributed by atoms with Crippen molar-refractivity contribution in [3.05, 3.63) is 95.6 Å². The molecule has 0 radical (unpaired) electrons. The van der Waals surface area contributed by atoms with Crippen LogP contribution in [0.5, 0.6) is 11.5 Å². The van der Waals surface area contributed by atoms with Crippen molar-refractivity contribution in [3.8, 4) is 11.5 Å². The molecule has 6 heteroatoms. The quantitative estimate of drug-likeness (QED) is 0.482. The molecule has 30 heavy (non-hydrogen) atoms. The summed E-state index contributed by atoms with van der Waals surface area (Å²) in [6.07, 6.45) is -1.03. The molecule has 1 aliphatic rings. The minimum absolute atomic E-state index is 0.239. The Morgan fingerprint density at radius 1 is 0.967 bits per heavy atom. The number of hydrogen-bond donors (Lipinski definition) is 0. The highest BCUT2D eigenvalue weighted by atomic mass is 16.5. The van der Waals surface area contributed by atoms with E-state index >= 15 is 0 Å². The molecular formula is C24H19NO5. The van der Waals surface area contributed by atoms with Crippen LogP contribution in [0.4, 0.5) is 0 Å². The molecule has 1 atom stereocenters. The van der Waals surface area contributed by atoms with Gasteiger partial charge in [-0.05, 0) is 24.3 Å². The Hall–Kier alpha value is -3.93. The number of nitrogens with zero attached hydrogens (tertiary/aromatic N) is 1. The lowest BCUT2D eigenvalue weighted by Gasteiger charge is -2.22. The molecule has 0 aromatic heterocycles. The van der Waals surface area contributed by atoms with Crippen LogP contribution in [-0.4, -0.2) is 36.2 Å². The summed E-state index contributed by atoms with van der Waals surface area (Å²) in [5.74, 6) is -0.697. The summed E-state index contributed by atoms with van der Waals surface area (Å²) >= 11 is 0. The molecule has 4 rings (SSSR count). The number of Topliss-reactive ketones (excluding diaryl/α,β-unsaturated/α-hetero) is 1. The van der Waals surface area contributed by atoms with Gasteiger partial charge in [0.25, 0.3) is 11.8 Å². The van der Waals surface area contributed by atoms with Gasteiger partial charge in [0.15, 0.2) is 5.78 Å². The number of fused-ring (bicyclic) bond motifs is 1. The molecule has 0 saturated carbocycles. The lowest BCUT2D eigenvalue weighted by Crippen LogP contribution is -2.42. The van der Waals surface area contributed by atoms with Crippen molar-refractivity contribution in [2.24, 2.45) is 0 Å². The Morgan fingerprint density at radius 3 is 2.47 bits per heavy atom. The Bertz CT molecular complexity index is 1110. The number of rotatable bonds is 5. The fourth-order valence-corrected chi connectivity index (χ4v) is 3.33. The molecule has 0 saturated heterocycles. The molecule has 3 aromatic rings. The van der Waals surface area contributed by atoms with E-state index in [0.717, 1.165) is 4.90 Å². The van der Waals surface area contributed by atoms with Gasteiger partial charge in [0.1, 0.15) is 11.5 Å². The van der Waals surface area contributed by atoms with Crippen LogP contribution in [0, 0.1) is 0 Å². The molecule has 1 unspecified atom stereocenters. The molecule has 0 N–H and O–H groups in total. The molecule has 2 amide bonds. The number of methoxy groups -OCH3 is 1. The SMILES string of the molecule is COc1cccc(C(=O)CN2C(=O)c3ccccc3OC(c3ccccc3)C2=O)c1. The second kappa shape index (κ2) is 8.21. The van der Waals surface area contributed by atoms with Gasteiger partial charge in [0.2, 0.25) is 6.10 Å². The number of carbonyl (C=O) groups is 3. The van der Waals surface area contributed by atoms with Crippen LogP contribution in [0.15, 0.2) is 78.9 Å². The maximum absolute atomic E-state index is 13.3. The minimum Gasteiger partial charge on any atom is -0.497 e. The van der Waals surface area contributed by atoms with E-state index in [2.05, 4.69) is 0 Å². The number of benzene rings is 3. The molecule has 0 aliphatic carbocycles. The number of imide groups is 1. The first kappa shape index (κ1) is 19.4. The summed E-state index contributed by atoms with van der Waals surface area (Å²) in [6, 6.07) is 22.2. The Labute approximate surface area is 173 Å². The molecule has 0 fully saturated rings. The smallest absolute Gasteiger partial charge is 0.275 e. The van der Waals surface area contributed by atoms with Crippen molar-refractivity contribution >= 4 is 17.6 Å². The van der Waals surface area contributed by atoms with Gasteiger partial charge in [-0.1, -0.05) is 54.6 Å². The number of ketones is 1. The summed E-state index contributed by atoms with van der Waals surface area (Å²) in [5.41, 5.74) is 1.19. The lowest BCUT2D eigenvalue weighted by molar-refractivity contribution is -0.135. The van der Waals surface area contributed by atoms with Crippen molar-refractivity contribution in [1.29, 1.82) is 0 Å². The fourth-order valence-electron chi connectivity index (χ4n) is 3.33. The predicted molar refractivity (Wildman–Crippen MR) is 110 cm³/mol. The first-order valence-corrected chi connectivity index (χ1v) is 9.42. The van der Waals surface area contributed by atoms with Crippen LogP contribution >= 0.6 is 0 Å². The number of hydrogen-bond acceptors (Lipinski definition) is 5. The zero-order valence-corrected chi connectivity index (χ0v) is 16.3. The maximum Gasteiger partial charge on any atom is 0.275 e. The molecule has 6 nitrogen and oxygen atoms in total. The monoisotopic (exact) mass is 401 g/mol. The van der Waals surface area contributed by atoms with E-state index in [0.29, 0.717) is 22.6 Å². The molecule has 150 valence electrons. The zero-order valence-electron chi connectivity index (χ0n) is 16.3. The van der Waals surface area contributed by atoms with Gasteiger partial charge in [-0.2, -0.15) is 0 Å². The zero-order chi connectivity index (χ0) is 21.1. The third kappa shape index (κ3) is 3.67. The first-order chi connectivity index (χ1) is 14.6. The molecule has 3 aromatic carbocycles. The Morgan fingerprint density at radius 2 is 1.70 bits per heavy atom. The topological polar surface area (TPSA) is 72.9 Å². The van der Waals surface area contributed by atoms with Crippen LogP contribution in [0.1, 0.15) is 32.4 Å². The summed E-state index contributed by atoms with van der Waals surface area (Å²) in [4.78, 5) is 40.3. The third-order valence-electron chi connectivity index (χ3n) is 4.89. The Kier molecular flexibility index (Phi) is 5.30. The standard InChI is InChI=1S/C24H19NO5/c1-29-18-11-7-10-17(14-18)20(26)15-25-23(27)19-12-5-6-13-21(19)30-22(24(25)28)16-8-3-2-4-9-16/h2-14,22H,15H2,1H3. The second-order valence-corrected chi connectivity index (χ2v) is 6.79. The molecular weight excluding hydrogens is 382 g/mol. The second-order valence-electron chi connectivity index (χ2n) is 6.79. The minimum atomic E-state index is -1.03. The summed E-state index contributed by atoms with van der Waals surface area (Å²) < 4.78 is 11.1.